The van der Waals surface area contributed by atoms with Gasteiger partial charge in [0, 0.05) is 17.9 Å². The average Bonchev–Trinajstić information content (AvgIpc) is 2.44. The monoisotopic (exact) mass is 232 g/mol. The number of carbonyl (C=O) groups is 1. The Morgan fingerprint density at radius 1 is 1.44 bits per heavy atom. The number of hydrogen-bond donors (Lipinski definition) is 0. The first kappa shape index (κ1) is 9.90. The van der Waals surface area contributed by atoms with Gasteiger partial charge in [0.2, 0.25) is 5.91 Å². The first-order valence-corrected chi connectivity index (χ1v) is 6.23. The van der Waals surface area contributed by atoms with Crippen LogP contribution in [0.25, 0.3) is 0 Å². The third-order valence-electron chi connectivity index (χ3n) is 2.83. The molecule has 1 amide bonds. The Hall–Kier alpha value is -1.29. The second-order valence-corrected chi connectivity index (χ2v) is 5.13. The van der Waals surface area contributed by atoms with Gasteiger partial charge in [-0.1, -0.05) is 6.07 Å². The molecule has 0 saturated carbocycles. The molecule has 16 heavy (non-hydrogen) atoms. The van der Waals surface area contributed by atoms with Crippen molar-refractivity contribution in [3.8, 4) is 0 Å². The number of fused-ring (bicyclic) bond motifs is 3. The maximum atomic E-state index is 11.4. The molecule has 0 aromatic heterocycles. The normalized spacial score (nSPS) is 18.9. The summed E-state index contributed by atoms with van der Waals surface area (Å²) in [7, 11) is 0. The van der Waals surface area contributed by atoms with Crippen LogP contribution in [-0.2, 0) is 4.79 Å². The number of anilines is 1. The standard InChI is InChI=1S/C12H12N2OS/c1-8-4-5-9-10(7-8)16-12-13-11(15)3-2-6-14(9)12/h4-5,7H,2-3,6H2,1H3. The highest BCUT2D eigenvalue weighted by Gasteiger charge is 2.28. The molecule has 1 aromatic rings. The highest BCUT2D eigenvalue weighted by atomic mass is 32.2. The van der Waals surface area contributed by atoms with Crippen LogP contribution in [0.1, 0.15) is 18.4 Å². The van der Waals surface area contributed by atoms with Crippen molar-refractivity contribution in [2.24, 2.45) is 4.99 Å². The molecule has 0 aliphatic carbocycles. The van der Waals surface area contributed by atoms with Crippen LogP contribution in [0.2, 0.25) is 0 Å². The van der Waals surface area contributed by atoms with Gasteiger partial charge in [-0.2, -0.15) is 4.99 Å². The molecule has 0 fully saturated rings. The van der Waals surface area contributed by atoms with Gasteiger partial charge in [0.15, 0.2) is 5.17 Å². The zero-order valence-electron chi connectivity index (χ0n) is 9.06. The van der Waals surface area contributed by atoms with Crippen LogP contribution in [0, 0.1) is 6.92 Å². The van der Waals surface area contributed by atoms with E-state index in [0.717, 1.165) is 18.1 Å². The quantitative estimate of drug-likeness (QED) is 0.689. The number of hydrogen-bond acceptors (Lipinski definition) is 3. The van der Waals surface area contributed by atoms with E-state index in [1.165, 1.54) is 16.1 Å². The van der Waals surface area contributed by atoms with Crippen LogP contribution >= 0.6 is 11.8 Å². The molecule has 3 rings (SSSR count). The van der Waals surface area contributed by atoms with Crippen LogP contribution in [0.15, 0.2) is 28.1 Å². The van der Waals surface area contributed by atoms with Crippen LogP contribution in [0.3, 0.4) is 0 Å². The van der Waals surface area contributed by atoms with E-state index in [4.69, 9.17) is 0 Å². The SMILES string of the molecule is Cc1ccc2c(c1)SC1=NC(=O)CCCN12. The zero-order valence-corrected chi connectivity index (χ0v) is 9.88. The Morgan fingerprint density at radius 2 is 2.31 bits per heavy atom. The van der Waals surface area contributed by atoms with Gasteiger partial charge >= 0.3 is 0 Å². The average molecular weight is 232 g/mol. The minimum absolute atomic E-state index is 0.00882. The van der Waals surface area contributed by atoms with Crippen LogP contribution < -0.4 is 4.90 Å². The molecule has 2 aliphatic rings. The van der Waals surface area contributed by atoms with E-state index in [2.05, 4.69) is 35.0 Å². The summed E-state index contributed by atoms with van der Waals surface area (Å²) in [6.07, 6.45) is 1.46. The van der Waals surface area contributed by atoms with Gasteiger partial charge in [0.25, 0.3) is 0 Å². The van der Waals surface area contributed by atoms with Crippen molar-refractivity contribution in [2.45, 2.75) is 24.7 Å². The second-order valence-electron chi connectivity index (χ2n) is 4.12. The van der Waals surface area contributed by atoms with Crippen molar-refractivity contribution in [1.29, 1.82) is 0 Å². The summed E-state index contributed by atoms with van der Waals surface area (Å²) in [5.41, 5.74) is 2.44. The molecule has 0 saturated heterocycles. The molecular formula is C12H12N2OS. The second kappa shape index (κ2) is 3.63. The number of benzene rings is 1. The van der Waals surface area contributed by atoms with Gasteiger partial charge in [-0.25, -0.2) is 0 Å². The number of rotatable bonds is 0. The van der Waals surface area contributed by atoms with Crippen LogP contribution in [-0.4, -0.2) is 17.6 Å². The van der Waals surface area contributed by atoms with E-state index in [9.17, 15) is 4.79 Å². The summed E-state index contributed by atoms with van der Waals surface area (Å²) in [6, 6.07) is 6.38. The summed E-state index contributed by atoms with van der Waals surface area (Å²) in [6.45, 7) is 2.98. The van der Waals surface area contributed by atoms with Crippen molar-refractivity contribution in [2.75, 3.05) is 11.4 Å². The highest BCUT2D eigenvalue weighted by Crippen LogP contribution is 2.41. The molecule has 4 heteroatoms. The third-order valence-corrected chi connectivity index (χ3v) is 3.87. The highest BCUT2D eigenvalue weighted by molar-refractivity contribution is 8.14. The minimum atomic E-state index is 0.00882. The van der Waals surface area contributed by atoms with Crippen LogP contribution in [0.5, 0.6) is 0 Å². The smallest absolute Gasteiger partial charge is 0.248 e. The predicted octanol–water partition coefficient (Wildman–Crippen LogP) is 2.58. The van der Waals surface area contributed by atoms with Crippen molar-refractivity contribution >= 4 is 28.5 Å². The molecule has 0 radical (unpaired) electrons. The third kappa shape index (κ3) is 1.53. The predicted molar refractivity (Wildman–Crippen MR) is 66.1 cm³/mol. The largest absolute Gasteiger partial charge is 0.319 e. The van der Waals surface area contributed by atoms with E-state index < -0.39 is 0 Å². The molecule has 0 N–H and O–H groups in total. The summed E-state index contributed by atoms with van der Waals surface area (Å²) in [5, 5.41) is 0.850. The lowest BCUT2D eigenvalue weighted by Gasteiger charge is -2.16. The van der Waals surface area contributed by atoms with Gasteiger partial charge in [0.05, 0.1) is 5.69 Å². The van der Waals surface area contributed by atoms with Gasteiger partial charge in [-0.3, -0.25) is 4.79 Å². The minimum Gasteiger partial charge on any atom is -0.319 e. The van der Waals surface area contributed by atoms with Crippen molar-refractivity contribution in [3.05, 3.63) is 23.8 Å². The number of carbonyl (C=O) groups excluding carboxylic acids is 1. The first-order valence-electron chi connectivity index (χ1n) is 5.41. The molecule has 1 aromatic carbocycles. The zero-order chi connectivity index (χ0) is 11.1. The van der Waals surface area contributed by atoms with Gasteiger partial charge in [0.1, 0.15) is 0 Å². The van der Waals surface area contributed by atoms with Gasteiger partial charge < -0.3 is 4.90 Å². The first-order chi connectivity index (χ1) is 7.74. The Balaban J connectivity index is 2.07. The summed E-state index contributed by atoms with van der Waals surface area (Å²) in [5.74, 6) is 0.00882. The molecule has 82 valence electrons. The lowest BCUT2D eigenvalue weighted by Crippen LogP contribution is -2.24. The van der Waals surface area contributed by atoms with Gasteiger partial charge in [-0.15, -0.1) is 0 Å². The number of aliphatic imine (C=N–C) groups is 1. The Labute approximate surface area is 98.5 Å². The van der Waals surface area contributed by atoms with Crippen LogP contribution in [0.4, 0.5) is 5.69 Å². The fourth-order valence-electron chi connectivity index (χ4n) is 2.03. The molecule has 3 nitrogen and oxygen atoms in total. The lowest BCUT2D eigenvalue weighted by atomic mass is 10.2. The van der Waals surface area contributed by atoms with Crippen molar-refractivity contribution < 1.29 is 4.79 Å². The number of aryl methyl sites for hydroxylation is 1. The maximum absolute atomic E-state index is 11.4. The number of thioether (sulfide) groups is 1. The lowest BCUT2D eigenvalue weighted by molar-refractivity contribution is -0.117. The molecule has 0 spiro atoms. The summed E-state index contributed by atoms with van der Waals surface area (Å²) >= 11 is 1.61. The van der Waals surface area contributed by atoms with E-state index in [-0.39, 0.29) is 5.91 Å². The Bertz CT molecular complexity index is 496. The van der Waals surface area contributed by atoms with E-state index in [0.29, 0.717) is 6.42 Å². The molecule has 2 heterocycles. The maximum Gasteiger partial charge on any atom is 0.248 e. The van der Waals surface area contributed by atoms with E-state index >= 15 is 0 Å². The molecule has 0 bridgehead atoms. The molecular weight excluding hydrogens is 220 g/mol. The number of amides is 1. The van der Waals surface area contributed by atoms with Crippen molar-refractivity contribution in [3.63, 3.8) is 0 Å². The summed E-state index contributed by atoms with van der Waals surface area (Å²) in [4.78, 5) is 18.9. The molecule has 0 atom stereocenters. The Morgan fingerprint density at radius 3 is 3.19 bits per heavy atom. The van der Waals surface area contributed by atoms with Crippen molar-refractivity contribution in [1.82, 2.24) is 0 Å². The fraction of sp³-hybridized carbons (Fsp3) is 0.333. The number of amidine groups is 1. The topological polar surface area (TPSA) is 32.7 Å². The molecule has 0 unspecified atom stereocenters. The molecule has 2 aliphatic heterocycles. The fourth-order valence-corrected chi connectivity index (χ4v) is 3.20. The van der Waals surface area contributed by atoms with E-state index in [1.807, 2.05) is 0 Å². The number of nitrogens with zero attached hydrogens (tertiary/aromatic N) is 2. The van der Waals surface area contributed by atoms with E-state index in [1.54, 1.807) is 11.8 Å². The van der Waals surface area contributed by atoms with Gasteiger partial charge in [-0.05, 0) is 42.8 Å². The Kier molecular flexibility index (Phi) is 2.24. The summed E-state index contributed by atoms with van der Waals surface area (Å²) < 4.78 is 0.